The second-order valence-corrected chi connectivity index (χ2v) is 25.6. The van der Waals surface area contributed by atoms with Crippen molar-refractivity contribution in [3.05, 3.63) is 24.3 Å². The van der Waals surface area contributed by atoms with Gasteiger partial charge in [0.05, 0.1) is 0 Å². The lowest BCUT2D eigenvalue weighted by Crippen LogP contribution is -2.30. The number of rotatable bonds is 70. The molecule has 0 aromatic heterocycles. The zero-order valence-electron chi connectivity index (χ0n) is 55.8. The van der Waals surface area contributed by atoms with Crippen LogP contribution < -0.4 is 0 Å². The first-order valence-electron chi connectivity index (χ1n) is 37.3. The lowest BCUT2D eigenvalue weighted by Gasteiger charge is -2.18. The van der Waals surface area contributed by atoms with E-state index < -0.39 is 6.10 Å². The smallest absolute Gasteiger partial charge is 0.306 e. The average Bonchev–Trinajstić information content (AvgIpc) is 3.47. The van der Waals surface area contributed by atoms with E-state index in [-0.39, 0.29) is 31.1 Å². The van der Waals surface area contributed by atoms with Crippen molar-refractivity contribution in [1.82, 2.24) is 0 Å². The summed E-state index contributed by atoms with van der Waals surface area (Å²) >= 11 is 0. The van der Waals surface area contributed by atoms with Gasteiger partial charge in [-0.25, -0.2) is 0 Å². The van der Waals surface area contributed by atoms with Crippen LogP contribution in [0.25, 0.3) is 0 Å². The molecule has 0 radical (unpaired) electrons. The Morgan fingerprint density at radius 2 is 0.439 bits per heavy atom. The van der Waals surface area contributed by atoms with Crippen molar-refractivity contribution < 1.29 is 28.6 Å². The summed E-state index contributed by atoms with van der Waals surface area (Å²) in [5.74, 6) is -0.834. The van der Waals surface area contributed by atoms with Crippen molar-refractivity contribution in [2.45, 2.75) is 431 Å². The number of carbonyl (C=O) groups excluding carboxylic acids is 3. The SMILES string of the molecule is CCCCC/C=C\C/C=C\CCCCCCCCCCCC(=O)OC(COC(=O)CCCCCCCCCCCCCCCCCCC)COC(=O)CCCCCCCCCCCCCCCCCCCCCCCCCCCCCC. The summed E-state index contributed by atoms with van der Waals surface area (Å²) in [7, 11) is 0. The van der Waals surface area contributed by atoms with Crippen LogP contribution in [-0.2, 0) is 28.6 Å². The lowest BCUT2D eigenvalue weighted by molar-refractivity contribution is -0.167. The van der Waals surface area contributed by atoms with Gasteiger partial charge in [-0.2, -0.15) is 0 Å². The van der Waals surface area contributed by atoms with E-state index in [0.717, 1.165) is 64.2 Å². The molecule has 1 atom stereocenters. The summed E-state index contributed by atoms with van der Waals surface area (Å²) < 4.78 is 17.0. The molecule has 484 valence electrons. The fourth-order valence-corrected chi connectivity index (χ4v) is 11.6. The Morgan fingerprint density at radius 3 is 0.695 bits per heavy atom. The van der Waals surface area contributed by atoms with Gasteiger partial charge in [-0.05, 0) is 51.4 Å². The lowest BCUT2D eigenvalue weighted by atomic mass is 10.0. The van der Waals surface area contributed by atoms with Crippen LogP contribution >= 0.6 is 0 Å². The van der Waals surface area contributed by atoms with Crippen molar-refractivity contribution >= 4 is 17.9 Å². The van der Waals surface area contributed by atoms with E-state index in [9.17, 15) is 14.4 Å². The van der Waals surface area contributed by atoms with E-state index in [4.69, 9.17) is 14.2 Å². The molecule has 0 saturated carbocycles. The summed E-state index contributed by atoms with van der Waals surface area (Å²) in [6.45, 7) is 6.71. The highest BCUT2D eigenvalue weighted by molar-refractivity contribution is 5.71. The molecule has 6 nitrogen and oxygen atoms in total. The normalized spacial score (nSPS) is 12.1. The van der Waals surface area contributed by atoms with Gasteiger partial charge < -0.3 is 14.2 Å². The highest BCUT2D eigenvalue weighted by atomic mass is 16.6. The van der Waals surface area contributed by atoms with Gasteiger partial charge in [0.15, 0.2) is 6.10 Å². The number of allylic oxidation sites excluding steroid dienone is 4. The molecule has 0 aromatic rings. The van der Waals surface area contributed by atoms with Crippen LogP contribution in [0.15, 0.2) is 24.3 Å². The van der Waals surface area contributed by atoms with E-state index in [0.29, 0.717) is 19.3 Å². The minimum atomic E-state index is -0.771. The van der Waals surface area contributed by atoms with Gasteiger partial charge in [0.25, 0.3) is 0 Å². The van der Waals surface area contributed by atoms with Gasteiger partial charge >= 0.3 is 17.9 Å². The molecule has 0 saturated heterocycles. The standard InChI is InChI=1S/C76H144O6/c1-4-7-10-13-16-19-22-25-28-31-33-34-35-36-37-38-39-40-41-43-45-48-51-54-57-60-63-66-69-75(78)81-72-73(71-80-74(77)68-65-62-59-56-53-50-47-44-30-27-24-21-18-15-12-9-6-3)82-76(79)70-67-64-61-58-55-52-49-46-42-32-29-26-23-20-17-14-11-8-5-2/h17,20,26,29,73H,4-16,18-19,21-25,27-28,30-72H2,1-3H3/b20-17-,29-26-. The molecule has 0 aliphatic carbocycles. The molecule has 0 heterocycles. The molecule has 0 aliphatic heterocycles. The topological polar surface area (TPSA) is 78.9 Å². The summed E-state index contributed by atoms with van der Waals surface area (Å²) in [5, 5.41) is 0. The number of ether oxygens (including phenoxy) is 3. The number of esters is 3. The predicted molar refractivity (Wildman–Crippen MR) is 358 cm³/mol. The van der Waals surface area contributed by atoms with Gasteiger partial charge in [0.1, 0.15) is 13.2 Å². The van der Waals surface area contributed by atoms with Crippen LogP contribution in [0, 0.1) is 0 Å². The first-order chi connectivity index (χ1) is 40.5. The molecule has 0 N–H and O–H groups in total. The summed E-state index contributed by atoms with van der Waals surface area (Å²) in [4.78, 5) is 38.5. The minimum Gasteiger partial charge on any atom is -0.462 e. The Bertz CT molecular complexity index is 1320. The fourth-order valence-electron chi connectivity index (χ4n) is 11.6. The quantitative estimate of drug-likeness (QED) is 0.0261. The molecule has 0 amide bonds. The largest absolute Gasteiger partial charge is 0.462 e. The first kappa shape index (κ1) is 79.9. The molecular weight excluding hydrogens is 1010 g/mol. The molecular formula is C76H144O6. The molecule has 0 fully saturated rings. The highest BCUT2D eigenvalue weighted by Gasteiger charge is 2.20. The molecule has 0 spiro atoms. The first-order valence-corrected chi connectivity index (χ1v) is 37.3. The van der Waals surface area contributed by atoms with Gasteiger partial charge in [-0.3, -0.25) is 14.4 Å². The number of hydrogen-bond acceptors (Lipinski definition) is 6. The third-order valence-corrected chi connectivity index (χ3v) is 17.2. The molecule has 1 unspecified atom stereocenters. The Labute approximate surface area is 513 Å². The van der Waals surface area contributed by atoms with Gasteiger partial charge in [0.2, 0.25) is 0 Å². The number of hydrogen-bond donors (Lipinski definition) is 0. The molecule has 0 aliphatic rings. The van der Waals surface area contributed by atoms with Crippen molar-refractivity contribution in [3.63, 3.8) is 0 Å². The molecule has 6 heteroatoms. The third-order valence-electron chi connectivity index (χ3n) is 17.2. The Balaban J connectivity index is 4.22. The Hall–Kier alpha value is -2.11. The van der Waals surface area contributed by atoms with E-state index in [1.54, 1.807) is 0 Å². The zero-order chi connectivity index (χ0) is 59.2. The van der Waals surface area contributed by atoms with Crippen molar-refractivity contribution in [1.29, 1.82) is 0 Å². The van der Waals surface area contributed by atoms with Crippen molar-refractivity contribution in [2.75, 3.05) is 13.2 Å². The highest BCUT2D eigenvalue weighted by Crippen LogP contribution is 2.19. The van der Waals surface area contributed by atoms with Crippen LogP contribution in [0.2, 0.25) is 0 Å². The number of unbranched alkanes of at least 4 members (excludes halogenated alkanes) is 55. The monoisotopic (exact) mass is 1150 g/mol. The molecule has 0 rings (SSSR count). The second-order valence-electron chi connectivity index (χ2n) is 25.6. The maximum Gasteiger partial charge on any atom is 0.306 e. The molecule has 82 heavy (non-hydrogen) atoms. The van der Waals surface area contributed by atoms with E-state index in [2.05, 4.69) is 45.1 Å². The average molecular weight is 1150 g/mol. The third kappa shape index (κ3) is 68.7. The van der Waals surface area contributed by atoms with Gasteiger partial charge in [-0.1, -0.05) is 379 Å². The summed E-state index contributed by atoms with van der Waals surface area (Å²) in [5.41, 5.74) is 0. The van der Waals surface area contributed by atoms with Crippen LogP contribution in [0.4, 0.5) is 0 Å². The Kier molecular flexibility index (Phi) is 69.5. The van der Waals surface area contributed by atoms with Crippen LogP contribution in [0.3, 0.4) is 0 Å². The molecule has 0 bridgehead atoms. The Morgan fingerprint density at radius 1 is 0.244 bits per heavy atom. The van der Waals surface area contributed by atoms with Crippen LogP contribution in [0.5, 0.6) is 0 Å². The predicted octanol–water partition coefficient (Wildman–Crippen LogP) is 25.7. The zero-order valence-corrected chi connectivity index (χ0v) is 55.8. The maximum absolute atomic E-state index is 13.0. The van der Waals surface area contributed by atoms with E-state index in [1.165, 1.54) is 321 Å². The van der Waals surface area contributed by atoms with Crippen molar-refractivity contribution in [2.24, 2.45) is 0 Å². The van der Waals surface area contributed by atoms with E-state index in [1.807, 2.05) is 0 Å². The van der Waals surface area contributed by atoms with Gasteiger partial charge in [0, 0.05) is 19.3 Å². The van der Waals surface area contributed by atoms with E-state index >= 15 is 0 Å². The van der Waals surface area contributed by atoms with Crippen molar-refractivity contribution in [3.8, 4) is 0 Å². The van der Waals surface area contributed by atoms with Crippen LogP contribution in [0.1, 0.15) is 425 Å². The minimum absolute atomic E-state index is 0.0661. The summed E-state index contributed by atoms with van der Waals surface area (Å²) in [6.07, 6.45) is 87.9. The second kappa shape index (κ2) is 71.4. The maximum atomic E-state index is 13.0. The summed E-state index contributed by atoms with van der Waals surface area (Å²) in [6, 6.07) is 0. The fraction of sp³-hybridized carbons (Fsp3) is 0.908. The van der Waals surface area contributed by atoms with Crippen LogP contribution in [-0.4, -0.2) is 37.2 Å². The number of carbonyl (C=O) groups is 3. The van der Waals surface area contributed by atoms with Gasteiger partial charge in [-0.15, -0.1) is 0 Å². The molecule has 0 aromatic carbocycles.